The number of hydrogen-bond donors (Lipinski definition) is 0. The molecule has 3 atom stereocenters. The maximum atomic E-state index is 14.3. The molecule has 0 bridgehead atoms. The van der Waals surface area contributed by atoms with Crippen LogP contribution in [0.15, 0.2) is 103 Å². The summed E-state index contributed by atoms with van der Waals surface area (Å²) in [7, 11) is 1.02. The van der Waals surface area contributed by atoms with Gasteiger partial charge in [0.25, 0.3) is 0 Å². The molecule has 6 aromatic rings. The van der Waals surface area contributed by atoms with E-state index in [2.05, 4.69) is 0 Å². The molecule has 3 unspecified atom stereocenters. The first-order valence-corrected chi connectivity index (χ1v) is 16.6. The standard InChI is InChI=1S/C38H22Cl2F6O8/c1-50-36(49)21-14-32(51-30-12-17(8-10-22(30)37(41,42)43)28-15-26(47)19-4-2-6-24(39)33(19)52-28)35(21)54-31-13-18(9-11-23(31)38(44,45)46)29-16-27(48)20-5-3-7-25(40)34(20)53-29/h2-13,15-16,21,32,35H,14H2,1H3. The Bertz CT molecular complexity index is 2580. The molecule has 16 heteroatoms. The van der Waals surface area contributed by atoms with Gasteiger partial charge < -0.3 is 23.0 Å². The molecule has 0 N–H and O–H groups in total. The minimum absolute atomic E-state index is 0.00817. The van der Waals surface area contributed by atoms with Gasteiger partial charge in [0, 0.05) is 29.7 Å². The molecule has 1 aliphatic carbocycles. The van der Waals surface area contributed by atoms with Crippen molar-refractivity contribution in [2.24, 2.45) is 5.92 Å². The SMILES string of the molecule is COC(=O)C1CC(Oc2cc(-c3cc(=O)c4cccc(Cl)c4o3)ccc2C(F)(F)F)C1Oc1cc(-c2cc(=O)c3cccc(Cl)c3o2)ccc1C(F)(F)F. The van der Waals surface area contributed by atoms with E-state index >= 15 is 0 Å². The lowest BCUT2D eigenvalue weighted by Crippen LogP contribution is -2.56. The van der Waals surface area contributed by atoms with Crippen LogP contribution >= 0.6 is 23.2 Å². The first-order valence-electron chi connectivity index (χ1n) is 15.8. The Labute approximate surface area is 309 Å². The maximum absolute atomic E-state index is 14.3. The molecule has 0 radical (unpaired) electrons. The quantitative estimate of drug-likeness (QED) is 0.116. The molecule has 8 nitrogen and oxygen atoms in total. The molecule has 7 rings (SSSR count). The van der Waals surface area contributed by atoms with Gasteiger partial charge in [0.2, 0.25) is 0 Å². The Morgan fingerprint density at radius 2 is 1.15 bits per heavy atom. The third-order valence-electron chi connectivity index (χ3n) is 8.85. The van der Waals surface area contributed by atoms with Crippen LogP contribution in [0.25, 0.3) is 44.6 Å². The average Bonchev–Trinajstić information content (AvgIpc) is 3.11. The van der Waals surface area contributed by atoms with Gasteiger partial charge in [0.15, 0.2) is 22.0 Å². The number of para-hydroxylation sites is 2. The van der Waals surface area contributed by atoms with Crippen molar-refractivity contribution in [1.82, 2.24) is 0 Å². The molecular formula is C38H22Cl2F6O8. The van der Waals surface area contributed by atoms with E-state index in [-0.39, 0.29) is 61.1 Å². The van der Waals surface area contributed by atoms with Gasteiger partial charge in [-0.3, -0.25) is 14.4 Å². The van der Waals surface area contributed by atoms with Crippen molar-refractivity contribution in [2.75, 3.05) is 7.11 Å². The Kier molecular flexibility index (Phi) is 9.38. The minimum atomic E-state index is -5.01. The van der Waals surface area contributed by atoms with Crippen molar-refractivity contribution in [3.63, 3.8) is 0 Å². The van der Waals surface area contributed by atoms with Crippen LogP contribution in [0, 0.1) is 5.92 Å². The fourth-order valence-corrected chi connectivity index (χ4v) is 6.56. The van der Waals surface area contributed by atoms with Crippen LogP contribution in [0.4, 0.5) is 26.3 Å². The number of alkyl halides is 6. The number of halogens is 8. The van der Waals surface area contributed by atoms with Crippen molar-refractivity contribution in [2.45, 2.75) is 31.0 Å². The number of esters is 1. The highest BCUT2D eigenvalue weighted by molar-refractivity contribution is 6.35. The van der Waals surface area contributed by atoms with E-state index in [0.717, 1.165) is 43.5 Å². The minimum Gasteiger partial charge on any atom is -0.486 e. The van der Waals surface area contributed by atoms with E-state index in [1.54, 1.807) is 0 Å². The molecule has 1 aliphatic rings. The molecule has 1 fully saturated rings. The smallest absolute Gasteiger partial charge is 0.419 e. The molecular weight excluding hydrogens is 769 g/mol. The lowest BCUT2D eigenvalue weighted by atomic mass is 9.78. The van der Waals surface area contributed by atoms with Crippen LogP contribution in [0.3, 0.4) is 0 Å². The van der Waals surface area contributed by atoms with Crippen molar-refractivity contribution in [3.8, 4) is 34.1 Å². The Morgan fingerprint density at radius 1 is 0.685 bits per heavy atom. The summed E-state index contributed by atoms with van der Waals surface area (Å²) >= 11 is 12.4. The number of benzene rings is 4. The van der Waals surface area contributed by atoms with Gasteiger partial charge in [0.1, 0.15) is 41.1 Å². The summed E-state index contributed by atoms with van der Waals surface area (Å²) in [4.78, 5) is 38.4. The molecule has 4 aromatic carbocycles. The van der Waals surface area contributed by atoms with Crippen LogP contribution in [0.2, 0.25) is 10.0 Å². The summed E-state index contributed by atoms with van der Waals surface area (Å²) in [5.74, 6) is -4.13. The molecule has 2 aromatic heterocycles. The number of carbonyl (C=O) groups is 1. The van der Waals surface area contributed by atoms with Gasteiger partial charge in [-0.05, 0) is 48.5 Å². The van der Waals surface area contributed by atoms with E-state index in [1.807, 2.05) is 0 Å². The highest BCUT2D eigenvalue weighted by Gasteiger charge is 2.51. The molecule has 0 saturated heterocycles. The normalized spacial score (nSPS) is 17.3. The second-order valence-corrected chi connectivity index (χ2v) is 13.0. The maximum Gasteiger partial charge on any atom is 0.419 e. The number of ether oxygens (including phenoxy) is 3. The fraction of sp³-hybridized carbons (Fsp3) is 0.184. The largest absolute Gasteiger partial charge is 0.486 e. The van der Waals surface area contributed by atoms with Gasteiger partial charge in [-0.1, -0.05) is 47.5 Å². The van der Waals surface area contributed by atoms with Crippen molar-refractivity contribution in [1.29, 1.82) is 0 Å². The van der Waals surface area contributed by atoms with Crippen LogP contribution in [-0.2, 0) is 21.9 Å². The predicted octanol–water partition coefficient (Wildman–Crippen LogP) is 9.97. The van der Waals surface area contributed by atoms with Crippen molar-refractivity contribution in [3.05, 3.63) is 127 Å². The van der Waals surface area contributed by atoms with Crippen LogP contribution < -0.4 is 20.3 Å². The van der Waals surface area contributed by atoms with E-state index in [4.69, 9.17) is 46.2 Å². The van der Waals surface area contributed by atoms with E-state index in [0.29, 0.717) is 12.1 Å². The van der Waals surface area contributed by atoms with Crippen LogP contribution in [0.1, 0.15) is 17.5 Å². The monoisotopic (exact) mass is 790 g/mol. The zero-order valence-electron chi connectivity index (χ0n) is 27.3. The molecule has 2 heterocycles. The predicted molar refractivity (Wildman–Crippen MR) is 185 cm³/mol. The number of hydrogen-bond acceptors (Lipinski definition) is 8. The number of fused-ring (bicyclic) bond motifs is 2. The second-order valence-electron chi connectivity index (χ2n) is 12.2. The number of carbonyl (C=O) groups excluding carboxylic acids is 1. The second kappa shape index (κ2) is 13.7. The van der Waals surface area contributed by atoms with Crippen LogP contribution in [-0.4, -0.2) is 25.3 Å². The number of methoxy groups -OCH3 is 1. The lowest BCUT2D eigenvalue weighted by Gasteiger charge is -2.42. The van der Waals surface area contributed by atoms with Crippen molar-refractivity contribution < 1.29 is 54.2 Å². The topological polar surface area (TPSA) is 105 Å². The highest BCUT2D eigenvalue weighted by atomic mass is 35.5. The molecule has 0 amide bonds. The Morgan fingerprint density at radius 3 is 1.59 bits per heavy atom. The molecule has 278 valence electrons. The average molecular weight is 791 g/mol. The molecule has 0 spiro atoms. The van der Waals surface area contributed by atoms with Gasteiger partial charge >= 0.3 is 18.3 Å². The summed E-state index contributed by atoms with van der Waals surface area (Å²) in [6, 6.07) is 16.3. The molecule has 1 saturated carbocycles. The van der Waals surface area contributed by atoms with E-state index in [9.17, 15) is 40.7 Å². The van der Waals surface area contributed by atoms with Gasteiger partial charge in [-0.15, -0.1) is 0 Å². The van der Waals surface area contributed by atoms with Gasteiger partial charge in [-0.2, -0.15) is 26.3 Å². The summed E-state index contributed by atoms with van der Waals surface area (Å²) in [5, 5.41) is 0.400. The molecule has 0 aliphatic heterocycles. The summed E-state index contributed by atoms with van der Waals surface area (Å²) in [6.45, 7) is 0. The van der Waals surface area contributed by atoms with Crippen molar-refractivity contribution >= 4 is 51.1 Å². The fourth-order valence-electron chi connectivity index (χ4n) is 6.13. The van der Waals surface area contributed by atoms with E-state index in [1.165, 1.54) is 36.4 Å². The summed E-state index contributed by atoms with van der Waals surface area (Å²) in [6.07, 6.45) is -13.3. The first-order chi connectivity index (χ1) is 25.5. The summed E-state index contributed by atoms with van der Waals surface area (Å²) in [5.41, 5.74) is -3.74. The molecule has 54 heavy (non-hydrogen) atoms. The lowest BCUT2D eigenvalue weighted by molar-refractivity contribution is -0.166. The zero-order chi connectivity index (χ0) is 38.7. The Balaban J connectivity index is 1.28. The number of rotatable bonds is 7. The third-order valence-corrected chi connectivity index (χ3v) is 9.45. The third kappa shape index (κ3) is 6.87. The van der Waals surface area contributed by atoms with E-state index < -0.39 is 69.9 Å². The van der Waals surface area contributed by atoms with Crippen LogP contribution in [0.5, 0.6) is 11.5 Å². The first kappa shape index (κ1) is 36.9. The van der Waals surface area contributed by atoms with Gasteiger partial charge in [-0.25, -0.2) is 0 Å². The summed E-state index contributed by atoms with van der Waals surface area (Å²) < 4.78 is 114. The Hall–Kier alpha value is -5.47. The van der Waals surface area contributed by atoms with Gasteiger partial charge in [0.05, 0.1) is 39.1 Å². The highest BCUT2D eigenvalue weighted by Crippen LogP contribution is 2.45. The zero-order valence-corrected chi connectivity index (χ0v) is 28.8.